The molecule has 6 heteroatoms. The van der Waals surface area contributed by atoms with Crippen LogP contribution in [-0.4, -0.2) is 60.7 Å². The molecule has 162 valence electrons. The normalized spacial score (nSPS) is 20.1. The summed E-state index contributed by atoms with van der Waals surface area (Å²) in [5, 5.41) is 19.5. The molecule has 1 aliphatic heterocycles. The third-order valence-electron chi connectivity index (χ3n) is 4.59. The van der Waals surface area contributed by atoms with E-state index in [-0.39, 0.29) is 0 Å². The Labute approximate surface area is 167 Å². The second-order valence-electron chi connectivity index (χ2n) is 6.99. The van der Waals surface area contributed by atoms with E-state index in [9.17, 15) is 0 Å². The number of nitrogens with one attached hydrogen (secondary N) is 1. The van der Waals surface area contributed by atoms with Crippen molar-refractivity contribution in [3.05, 3.63) is 23.9 Å². The number of hydrogen-bond donors (Lipinski definition) is 5. The van der Waals surface area contributed by atoms with Crippen LogP contribution in [0.25, 0.3) is 0 Å². The van der Waals surface area contributed by atoms with Crippen molar-refractivity contribution in [1.82, 2.24) is 10.2 Å². The van der Waals surface area contributed by atoms with Crippen LogP contribution in [0.1, 0.15) is 65.7 Å². The Hall–Kier alpha value is -0.920. The summed E-state index contributed by atoms with van der Waals surface area (Å²) in [4.78, 5) is 2.44. The maximum Gasteiger partial charge on any atom is 0.128 e. The topological polar surface area (TPSA) is 108 Å². The van der Waals surface area contributed by atoms with Gasteiger partial charge in [-0.1, -0.05) is 39.7 Å². The van der Waals surface area contributed by atoms with Gasteiger partial charge in [-0.2, -0.15) is 0 Å². The molecule has 2 fully saturated rings. The van der Waals surface area contributed by atoms with Crippen molar-refractivity contribution in [3.63, 3.8) is 0 Å². The molecule has 0 radical (unpaired) electrons. The zero-order chi connectivity index (χ0) is 21.2. The molecule has 2 aliphatic rings. The van der Waals surface area contributed by atoms with Gasteiger partial charge >= 0.3 is 0 Å². The Morgan fingerprint density at radius 1 is 1.07 bits per heavy atom. The van der Waals surface area contributed by atoms with Crippen LogP contribution in [-0.2, 0) is 0 Å². The van der Waals surface area contributed by atoms with E-state index in [1.165, 1.54) is 64.1 Å². The molecule has 1 saturated carbocycles. The molecular weight excluding hydrogens is 340 g/mol. The molecule has 2 rings (SSSR count). The van der Waals surface area contributed by atoms with Gasteiger partial charge in [0.25, 0.3) is 0 Å². The smallest absolute Gasteiger partial charge is 0.128 e. The fraction of sp³-hybridized carbons (Fsp3) is 0.810. The van der Waals surface area contributed by atoms with Crippen molar-refractivity contribution in [3.8, 4) is 0 Å². The molecular formula is C21H46N4O2. The Bertz CT molecular complexity index is 368. The van der Waals surface area contributed by atoms with Gasteiger partial charge in [0.2, 0.25) is 0 Å². The van der Waals surface area contributed by atoms with E-state index in [0.717, 1.165) is 19.2 Å². The first-order valence-corrected chi connectivity index (χ1v) is 10.3. The molecule has 1 saturated heterocycles. The Morgan fingerprint density at radius 3 is 1.89 bits per heavy atom. The van der Waals surface area contributed by atoms with Gasteiger partial charge in [-0.05, 0) is 64.4 Å². The van der Waals surface area contributed by atoms with E-state index in [2.05, 4.69) is 23.8 Å². The molecule has 0 aromatic carbocycles. The minimum Gasteiger partial charge on any atom is -0.402 e. The number of allylic oxidation sites excluding steroid dienone is 1. The summed E-state index contributed by atoms with van der Waals surface area (Å²) in [5.74, 6) is 0. The first-order valence-electron chi connectivity index (χ1n) is 10.3. The highest BCUT2D eigenvalue weighted by Gasteiger charge is 2.20. The Kier molecular flexibility index (Phi) is 19.3. The molecule has 6 nitrogen and oxygen atoms in total. The van der Waals surface area contributed by atoms with Crippen molar-refractivity contribution in [2.45, 2.75) is 84.0 Å². The van der Waals surface area contributed by atoms with E-state index < -0.39 is 6.23 Å². The van der Waals surface area contributed by atoms with Crippen LogP contribution in [0.5, 0.6) is 0 Å². The lowest BCUT2D eigenvalue weighted by atomic mass is 9.93. The van der Waals surface area contributed by atoms with Gasteiger partial charge in [-0.15, -0.1) is 0 Å². The van der Waals surface area contributed by atoms with E-state index in [1.54, 1.807) is 6.92 Å². The SMILES string of the molecule is C=C(/C=C(/C)N)C(N)O.CC.CN1CCC(NC2CCCCC2)CC1.CO. The quantitative estimate of drug-likeness (QED) is 0.375. The summed E-state index contributed by atoms with van der Waals surface area (Å²) in [7, 11) is 3.23. The van der Waals surface area contributed by atoms with E-state index in [4.69, 9.17) is 21.7 Å². The lowest BCUT2D eigenvalue weighted by Gasteiger charge is -2.34. The van der Waals surface area contributed by atoms with Crippen molar-refractivity contribution >= 4 is 0 Å². The predicted octanol–water partition coefficient (Wildman–Crippen LogP) is 2.32. The van der Waals surface area contributed by atoms with Gasteiger partial charge in [0.05, 0.1) is 0 Å². The standard InChI is InChI=1S/C12H24N2.C6H12N2O.C2H6.CH4O/c1-14-9-7-12(8-10-14)13-11-5-3-2-4-6-11;1-4(6(8)9)3-5(2)7;2*1-2/h11-13H,2-10H2,1H3;3,6,9H,1,7-8H2,2H3;1-2H3;2H,1H3/b;5-3-;;. The molecule has 0 spiro atoms. The summed E-state index contributed by atoms with van der Waals surface area (Å²) in [6, 6.07) is 1.66. The van der Waals surface area contributed by atoms with Crippen molar-refractivity contribution in [2.75, 3.05) is 27.2 Å². The molecule has 1 heterocycles. The van der Waals surface area contributed by atoms with Crippen LogP contribution in [0.2, 0.25) is 0 Å². The molecule has 27 heavy (non-hydrogen) atoms. The molecule has 1 atom stereocenters. The monoisotopic (exact) mass is 386 g/mol. The molecule has 0 aromatic heterocycles. The second kappa shape index (κ2) is 18.4. The minimum absolute atomic E-state index is 0.426. The van der Waals surface area contributed by atoms with Crippen molar-refractivity contribution < 1.29 is 10.2 Å². The van der Waals surface area contributed by atoms with Gasteiger partial charge in [0.1, 0.15) is 6.23 Å². The third-order valence-corrected chi connectivity index (χ3v) is 4.59. The fourth-order valence-electron chi connectivity index (χ4n) is 3.16. The molecule has 7 N–H and O–H groups in total. The highest BCUT2D eigenvalue weighted by molar-refractivity contribution is 5.20. The number of likely N-dealkylation sites (tertiary alicyclic amines) is 1. The largest absolute Gasteiger partial charge is 0.402 e. The van der Waals surface area contributed by atoms with Crippen LogP contribution in [0, 0.1) is 0 Å². The zero-order valence-electron chi connectivity index (χ0n) is 18.4. The summed E-state index contributed by atoms with van der Waals surface area (Å²) in [6.07, 6.45) is 10.5. The summed E-state index contributed by atoms with van der Waals surface area (Å²) in [5.41, 5.74) is 11.3. The number of aliphatic hydroxyl groups excluding tert-OH is 2. The van der Waals surface area contributed by atoms with Gasteiger partial charge < -0.3 is 31.9 Å². The van der Waals surface area contributed by atoms with E-state index in [0.29, 0.717) is 11.3 Å². The van der Waals surface area contributed by atoms with Crippen molar-refractivity contribution in [1.29, 1.82) is 0 Å². The van der Waals surface area contributed by atoms with Gasteiger partial charge in [-0.25, -0.2) is 0 Å². The average molecular weight is 387 g/mol. The first kappa shape index (κ1) is 28.3. The molecule has 0 aromatic rings. The lowest BCUT2D eigenvalue weighted by Crippen LogP contribution is -2.45. The summed E-state index contributed by atoms with van der Waals surface area (Å²) >= 11 is 0. The number of nitrogens with two attached hydrogens (primary N) is 2. The fourth-order valence-corrected chi connectivity index (χ4v) is 3.16. The Balaban J connectivity index is 0. The van der Waals surface area contributed by atoms with Crippen LogP contribution >= 0.6 is 0 Å². The van der Waals surface area contributed by atoms with Gasteiger partial charge in [0.15, 0.2) is 0 Å². The lowest BCUT2D eigenvalue weighted by molar-refractivity contribution is 0.213. The number of rotatable bonds is 4. The average Bonchev–Trinajstić information content (AvgIpc) is 2.68. The highest BCUT2D eigenvalue weighted by atomic mass is 16.3. The summed E-state index contributed by atoms with van der Waals surface area (Å²) in [6.45, 7) is 11.7. The predicted molar refractivity (Wildman–Crippen MR) is 117 cm³/mol. The summed E-state index contributed by atoms with van der Waals surface area (Å²) < 4.78 is 0. The van der Waals surface area contributed by atoms with Gasteiger partial charge in [0, 0.05) is 24.9 Å². The number of aliphatic hydroxyl groups is 2. The maximum atomic E-state index is 8.65. The second-order valence-corrected chi connectivity index (χ2v) is 6.99. The number of hydrogen-bond acceptors (Lipinski definition) is 6. The minimum atomic E-state index is -0.997. The number of piperidine rings is 1. The van der Waals surface area contributed by atoms with Gasteiger partial charge in [-0.3, -0.25) is 0 Å². The van der Waals surface area contributed by atoms with Crippen molar-refractivity contribution in [2.24, 2.45) is 11.5 Å². The van der Waals surface area contributed by atoms with Crippen LogP contribution in [0.3, 0.4) is 0 Å². The molecule has 0 amide bonds. The highest BCUT2D eigenvalue weighted by Crippen LogP contribution is 2.19. The van der Waals surface area contributed by atoms with Crippen LogP contribution < -0.4 is 16.8 Å². The van der Waals surface area contributed by atoms with E-state index >= 15 is 0 Å². The zero-order valence-corrected chi connectivity index (χ0v) is 18.4. The first-order chi connectivity index (χ1) is 12.9. The molecule has 1 unspecified atom stereocenters. The molecule has 1 aliphatic carbocycles. The van der Waals surface area contributed by atoms with Crippen LogP contribution in [0.15, 0.2) is 23.9 Å². The molecule has 0 bridgehead atoms. The number of nitrogens with zero attached hydrogens (tertiary/aromatic N) is 1. The third kappa shape index (κ3) is 15.8. The maximum absolute atomic E-state index is 8.65. The van der Waals surface area contributed by atoms with Crippen LogP contribution in [0.4, 0.5) is 0 Å². The Morgan fingerprint density at radius 2 is 1.52 bits per heavy atom. The van der Waals surface area contributed by atoms with E-state index in [1.807, 2.05) is 13.8 Å².